The maximum Gasteiger partial charge on any atom is 0.311 e. The van der Waals surface area contributed by atoms with Crippen LogP contribution in [0, 0.1) is 5.41 Å². The topological polar surface area (TPSA) is 112 Å². The molecule has 2 N–H and O–H groups in total. The lowest BCUT2D eigenvalue weighted by atomic mass is 9.90. The number of carbonyl (C=O) groups excluding carboxylic acids is 2. The van der Waals surface area contributed by atoms with Gasteiger partial charge < -0.3 is 15.3 Å². The van der Waals surface area contributed by atoms with E-state index in [1.165, 1.54) is 17.3 Å². The molecule has 0 aliphatic carbocycles. The molecule has 2 heterocycles. The van der Waals surface area contributed by atoms with E-state index in [-0.39, 0.29) is 24.5 Å². The Morgan fingerprint density at radius 2 is 1.78 bits per heavy atom. The summed E-state index contributed by atoms with van der Waals surface area (Å²) in [6.45, 7) is 1.92. The van der Waals surface area contributed by atoms with Gasteiger partial charge in [0, 0.05) is 36.2 Å². The molecule has 8 nitrogen and oxygen atoms in total. The van der Waals surface area contributed by atoms with Gasteiger partial charge in [-0.3, -0.25) is 14.4 Å². The van der Waals surface area contributed by atoms with E-state index in [1.807, 2.05) is 0 Å². The Balaban J connectivity index is 1.81. The number of halogens is 1. The third-order valence-corrected chi connectivity index (χ3v) is 4.75. The van der Waals surface area contributed by atoms with Crippen LogP contribution in [0.5, 0.6) is 0 Å². The fraction of sp³-hybridized carbons (Fsp3) is 0.278. The van der Waals surface area contributed by atoms with Crippen LogP contribution in [0.2, 0.25) is 5.02 Å². The van der Waals surface area contributed by atoms with E-state index >= 15 is 0 Å². The lowest BCUT2D eigenvalue weighted by Crippen LogP contribution is -2.36. The molecular weight excluding hydrogens is 372 g/mol. The van der Waals surface area contributed by atoms with Crippen molar-refractivity contribution in [3.63, 3.8) is 0 Å². The first-order chi connectivity index (χ1) is 12.8. The van der Waals surface area contributed by atoms with Crippen molar-refractivity contribution in [2.45, 2.75) is 13.3 Å². The number of benzene rings is 1. The fourth-order valence-corrected chi connectivity index (χ4v) is 2.97. The first kappa shape index (κ1) is 18.8. The van der Waals surface area contributed by atoms with Crippen molar-refractivity contribution in [1.29, 1.82) is 0 Å². The summed E-state index contributed by atoms with van der Waals surface area (Å²) in [5.74, 6) is -2.07. The van der Waals surface area contributed by atoms with Gasteiger partial charge in [-0.1, -0.05) is 11.6 Å². The van der Waals surface area contributed by atoms with Crippen LogP contribution in [0.3, 0.4) is 0 Å². The van der Waals surface area contributed by atoms with Crippen molar-refractivity contribution in [2.24, 2.45) is 5.41 Å². The zero-order valence-electron chi connectivity index (χ0n) is 14.5. The van der Waals surface area contributed by atoms with Crippen LogP contribution in [0.4, 0.5) is 5.69 Å². The molecule has 1 atom stereocenters. The number of amides is 2. The Morgan fingerprint density at radius 3 is 2.37 bits per heavy atom. The molecule has 1 aliphatic rings. The number of hydrogen-bond donors (Lipinski definition) is 2. The maximum absolute atomic E-state index is 12.8. The van der Waals surface area contributed by atoms with Gasteiger partial charge in [-0.05, 0) is 37.6 Å². The number of likely N-dealkylation sites (tertiary alicyclic amines) is 1. The highest BCUT2D eigenvalue weighted by Crippen LogP contribution is 2.31. The Kier molecular flexibility index (Phi) is 5.09. The number of rotatable bonds is 4. The van der Waals surface area contributed by atoms with Crippen LogP contribution in [0.15, 0.2) is 36.7 Å². The molecule has 2 amide bonds. The van der Waals surface area contributed by atoms with Gasteiger partial charge in [0.25, 0.3) is 11.8 Å². The summed E-state index contributed by atoms with van der Waals surface area (Å²) in [6, 6.07) is 6.49. The number of anilines is 1. The second kappa shape index (κ2) is 7.32. The van der Waals surface area contributed by atoms with Gasteiger partial charge in [0.1, 0.15) is 0 Å². The van der Waals surface area contributed by atoms with Crippen LogP contribution in [-0.2, 0) is 4.79 Å². The number of nitrogens with one attached hydrogen (secondary N) is 1. The molecule has 1 aliphatic heterocycles. The Bertz CT molecular complexity index is 902. The average molecular weight is 389 g/mol. The number of nitrogens with zero attached hydrogens (tertiary/aromatic N) is 3. The zero-order chi connectivity index (χ0) is 19.6. The third-order valence-electron chi connectivity index (χ3n) is 4.49. The van der Waals surface area contributed by atoms with E-state index in [2.05, 4.69) is 15.3 Å². The lowest BCUT2D eigenvalue weighted by molar-refractivity contribution is -0.147. The van der Waals surface area contributed by atoms with Crippen molar-refractivity contribution in [2.75, 3.05) is 18.4 Å². The van der Waals surface area contributed by atoms with Crippen LogP contribution in [-0.4, -0.2) is 50.8 Å². The standard InChI is InChI=1S/C18H17ClN4O4/c1-18(17(26)27)6-9-23(10-18)16(25)14-13(20-7-8-21-14)15(24)22-12-4-2-11(19)3-5-12/h2-5,7-8H,6,9-10H2,1H3,(H,22,24)(H,26,27). The van der Waals surface area contributed by atoms with Crippen LogP contribution in [0.25, 0.3) is 0 Å². The lowest BCUT2D eigenvalue weighted by Gasteiger charge is -2.20. The summed E-state index contributed by atoms with van der Waals surface area (Å²) in [7, 11) is 0. The minimum atomic E-state index is -1.01. The Morgan fingerprint density at radius 1 is 1.15 bits per heavy atom. The summed E-state index contributed by atoms with van der Waals surface area (Å²) >= 11 is 5.82. The molecule has 9 heteroatoms. The highest BCUT2D eigenvalue weighted by Gasteiger charge is 2.43. The number of carboxylic acid groups (broad SMARTS) is 1. The second-order valence-electron chi connectivity index (χ2n) is 6.56. The third kappa shape index (κ3) is 3.90. The molecule has 0 bridgehead atoms. The van der Waals surface area contributed by atoms with Gasteiger partial charge >= 0.3 is 5.97 Å². The van der Waals surface area contributed by atoms with E-state index in [1.54, 1.807) is 31.2 Å². The van der Waals surface area contributed by atoms with E-state index in [0.717, 1.165) is 0 Å². The van der Waals surface area contributed by atoms with E-state index in [0.29, 0.717) is 17.1 Å². The van der Waals surface area contributed by atoms with Crippen molar-refractivity contribution in [1.82, 2.24) is 14.9 Å². The van der Waals surface area contributed by atoms with Crippen molar-refractivity contribution in [3.05, 3.63) is 53.1 Å². The fourth-order valence-electron chi connectivity index (χ4n) is 2.84. The molecule has 3 rings (SSSR count). The maximum atomic E-state index is 12.8. The molecule has 1 saturated heterocycles. The molecule has 1 fully saturated rings. The zero-order valence-corrected chi connectivity index (χ0v) is 15.2. The summed E-state index contributed by atoms with van der Waals surface area (Å²) in [4.78, 5) is 46.2. The highest BCUT2D eigenvalue weighted by atomic mass is 35.5. The largest absolute Gasteiger partial charge is 0.481 e. The smallest absolute Gasteiger partial charge is 0.311 e. The summed E-state index contributed by atoms with van der Waals surface area (Å²) in [5.41, 5.74) is -0.753. The molecule has 1 unspecified atom stereocenters. The number of aromatic nitrogens is 2. The van der Waals surface area contributed by atoms with Gasteiger partial charge in [-0.2, -0.15) is 0 Å². The number of aliphatic carboxylic acids is 1. The van der Waals surface area contributed by atoms with Crippen LogP contribution < -0.4 is 5.32 Å². The summed E-state index contributed by atoms with van der Waals surface area (Å²) in [5, 5.41) is 12.5. The molecule has 0 radical (unpaired) electrons. The predicted molar refractivity (Wildman–Crippen MR) is 97.7 cm³/mol. The predicted octanol–water partition coefficient (Wildman–Crippen LogP) is 2.32. The monoisotopic (exact) mass is 388 g/mol. The number of hydrogen-bond acceptors (Lipinski definition) is 5. The molecule has 140 valence electrons. The average Bonchev–Trinajstić information content (AvgIpc) is 3.07. The van der Waals surface area contributed by atoms with Gasteiger partial charge in [0.15, 0.2) is 11.4 Å². The highest BCUT2D eigenvalue weighted by molar-refractivity contribution is 6.30. The van der Waals surface area contributed by atoms with Crippen molar-refractivity contribution < 1.29 is 19.5 Å². The van der Waals surface area contributed by atoms with Crippen LogP contribution >= 0.6 is 11.6 Å². The van der Waals surface area contributed by atoms with Crippen molar-refractivity contribution >= 4 is 35.1 Å². The summed E-state index contributed by atoms with van der Waals surface area (Å²) in [6.07, 6.45) is 2.97. The van der Waals surface area contributed by atoms with Gasteiger partial charge in [0.2, 0.25) is 0 Å². The molecule has 0 saturated carbocycles. The quantitative estimate of drug-likeness (QED) is 0.831. The number of carboxylic acids is 1. The normalized spacial score (nSPS) is 19.0. The Hall–Kier alpha value is -3.00. The van der Waals surface area contributed by atoms with Gasteiger partial charge in [-0.25, -0.2) is 9.97 Å². The van der Waals surface area contributed by atoms with E-state index in [9.17, 15) is 19.5 Å². The van der Waals surface area contributed by atoms with Gasteiger partial charge in [-0.15, -0.1) is 0 Å². The number of carbonyl (C=O) groups is 3. The molecule has 1 aromatic heterocycles. The first-order valence-electron chi connectivity index (χ1n) is 8.21. The molecule has 2 aromatic rings. The first-order valence-corrected chi connectivity index (χ1v) is 8.58. The molecular formula is C18H17ClN4O4. The van der Waals surface area contributed by atoms with Crippen molar-refractivity contribution in [3.8, 4) is 0 Å². The minimum Gasteiger partial charge on any atom is -0.481 e. The van der Waals surface area contributed by atoms with E-state index < -0.39 is 23.2 Å². The minimum absolute atomic E-state index is 0.0516. The summed E-state index contributed by atoms with van der Waals surface area (Å²) < 4.78 is 0. The van der Waals surface area contributed by atoms with Crippen LogP contribution in [0.1, 0.15) is 34.3 Å². The SMILES string of the molecule is CC1(C(=O)O)CCN(C(=O)c2nccnc2C(=O)Nc2ccc(Cl)cc2)C1. The molecule has 27 heavy (non-hydrogen) atoms. The van der Waals surface area contributed by atoms with Gasteiger partial charge in [0.05, 0.1) is 5.41 Å². The molecule has 0 spiro atoms. The molecule has 1 aromatic carbocycles. The van der Waals surface area contributed by atoms with E-state index in [4.69, 9.17) is 11.6 Å². The Labute approximate surface area is 160 Å². The second-order valence-corrected chi connectivity index (χ2v) is 6.99.